The highest BCUT2D eigenvalue weighted by Crippen LogP contribution is 2.44. The molecule has 0 radical (unpaired) electrons. The van der Waals surface area contributed by atoms with E-state index in [0.717, 1.165) is 19.3 Å². The van der Waals surface area contributed by atoms with Gasteiger partial charge in [0.15, 0.2) is 0 Å². The molecule has 1 amide bonds. The molecule has 0 aliphatic heterocycles. The third kappa shape index (κ3) is 4.48. The van der Waals surface area contributed by atoms with Crippen molar-refractivity contribution in [2.24, 2.45) is 23.2 Å². The fourth-order valence-electron chi connectivity index (χ4n) is 3.01. The predicted molar refractivity (Wildman–Crippen MR) is 69.7 cm³/mol. The highest BCUT2D eigenvalue weighted by Gasteiger charge is 2.39. The van der Waals surface area contributed by atoms with Crippen molar-refractivity contribution < 1.29 is 19.1 Å². The first-order chi connectivity index (χ1) is 8.76. The van der Waals surface area contributed by atoms with Crippen LogP contribution in [0.5, 0.6) is 0 Å². The lowest BCUT2D eigenvalue weighted by Gasteiger charge is -2.41. The lowest BCUT2D eigenvalue weighted by molar-refractivity contribution is -0.182. The number of carbonyl (C=O) groups is 2. The molecule has 4 nitrogen and oxygen atoms in total. The molecular weight excluding hydrogens is 249 g/mol. The fourth-order valence-corrected chi connectivity index (χ4v) is 3.01. The topological polar surface area (TPSA) is 55.4 Å². The second kappa shape index (κ2) is 6.35. The normalized spacial score (nSPS) is 26.0. The highest BCUT2D eigenvalue weighted by atomic mass is 19.3. The SMILES string of the molecule is CC(C)C1CCC(C)(C)CC1C(=O)NCC(=O)OF. The first-order valence-electron chi connectivity index (χ1n) is 6.86. The third-order valence-corrected chi connectivity index (χ3v) is 4.13. The molecule has 1 N–H and O–H groups in total. The van der Waals surface area contributed by atoms with Crippen LogP contribution >= 0.6 is 0 Å². The van der Waals surface area contributed by atoms with Crippen LogP contribution in [-0.4, -0.2) is 18.4 Å². The van der Waals surface area contributed by atoms with Gasteiger partial charge in [-0.1, -0.05) is 27.7 Å². The summed E-state index contributed by atoms with van der Waals surface area (Å²) in [4.78, 5) is 26.0. The van der Waals surface area contributed by atoms with Crippen LogP contribution in [0.3, 0.4) is 0 Å². The zero-order valence-electron chi connectivity index (χ0n) is 12.2. The number of rotatable bonds is 4. The number of carbonyl (C=O) groups excluding carboxylic acids is 2. The molecule has 0 heterocycles. The van der Waals surface area contributed by atoms with Gasteiger partial charge >= 0.3 is 5.97 Å². The minimum absolute atomic E-state index is 0.115. The Labute approximate surface area is 114 Å². The molecule has 2 unspecified atom stereocenters. The highest BCUT2D eigenvalue weighted by molar-refractivity contribution is 5.83. The zero-order chi connectivity index (χ0) is 14.6. The fraction of sp³-hybridized carbons (Fsp3) is 0.857. The van der Waals surface area contributed by atoms with Crippen LogP contribution in [0.25, 0.3) is 0 Å². The van der Waals surface area contributed by atoms with Crippen molar-refractivity contribution in [2.45, 2.75) is 47.0 Å². The molecule has 5 heteroatoms. The summed E-state index contributed by atoms with van der Waals surface area (Å²) >= 11 is 0. The molecule has 1 aliphatic carbocycles. The summed E-state index contributed by atoms with van der Waals surface area (Å²) < 4.78 is 11.6. The largest absolute Gasteiger partial charge is 0.367 e. The molecule has 0 saturated heterocycles. The van der Waals surface area contributed by atoms with E-state index in [1.54, 1.807) is 0 Å². The Morgan fingerprint density at radius 2 is 2.05 bits per heavy atom. The van der Waals surface area contributed by atoms with Crippen LogP contribution < -0.4 is 5.32 Å². The van der Waals surface area contributed by atoms with Crippen LogP contribution in [0.15, 0.2) is 0 Å². The second-order valence-electron chi connectivity index (χ2n) is 6.59. The van der Waals surface area contributed by atoms with Gasteiger partial charge in [-0.15, -0.1) is 0 Å². The van der Waals surface area contributed by atoms with E-state index in [2.05, 4.69) is 38.0 Å². The van der Waals surface area contributed by atoms with Crippen molar-refractivity contribution in [1.82, 2.24) is 5.32 Å². The molecule has 1 saturated carbocycles. The molecule has 0 bridgehead atoms. The summed E-state index contributed by atoms with van der Waals surface area (Å²) in [5.41, 5.74) is 0.133. The molecule has 0 aromatic carbocycles. The lowest BCUT2D eigenvalue weighted by Crippen LogP contribution is -2.44. The predicted octanol–water partition coefficient (Wildman–Crippen LogP) is 2.63. The average Bonchev–Trinajstić information content (AvgIpc) is 2.33. The number of halogens is 1. The number of nitrogens with one attached hydrogen (secondary N) is 1. The Hall–Kier alpha value is -1.13. The van der Waals surface area contributed by atoms with Crippen LogP contribution in [0.4, 0.5) is 4.53 Å². The lowest BCUT2D eigenvalue weighted by atomic mass is 9.64. The van der Waals surface area contributed by atoms with Crippen molar-refractivity contribution in [3.05, 3.63) is 0 Å². The first kappa shape index (κ1) is 15.9. The van der Waals surface area contributed by atoms with E-state index >= 15 is 0 Å². The first-order valence-corrected chi connectivity index (χ1v) is 6.86. The second-order valence-corrected chi connectivity index (χ2v) is 6.59. The average molecular weight is 273 g/mol. The zero-order valence-corrected chi connectivity index (χ0v) is 12.2. The molecule has 110 valence electrons. The van der Waals surface area contributed by atoms with E-state index in [9.17, 15) is 14.1 Å². The number of hydrogen-bond acceptors (Lipinski definition) is 3. The Morgan fingerprint density at radius 3 is 2.58 bits per heavy atom. The standard InChI is InChI=1S/C14H24FNO3/c1-9(2)10-5-6-14(3,4)7-11(10)13(18)16-8-12(17)19-15/h9-11H,5-8H2,1-4H3,(H,16,18). The van der Waals surface area contributed by atoms with E-state index in [4.69, 9.17) is 0 Å². The van der Waals surface area contributed by atoms with E-state index < -0.39 is 12.5 Å². The molecule has 0 aromatic rings. The summed E-state index contributed by atoms with van der Waals surface area (Å²) in [6, 6.07) is 0. The van der Waals surface area contributed by atoms with Gasteiger partial charge < -0.3 is 5.32 Å². The molecule has 0 aromatic heterocycles. The van der Waals surface area contributed by atoms with Gasteiger partial charge in [-0.25, -0.2) is 4.79 Å². The van der Waals surface area contributed by atoms with Crippen molar-refractivity contribution >= 4 is 11.9 Å². The molecule has 1 rings (SSSR count). The van der Waals surface area contributed by atoms with E-state index in [-0.39, 0.29) is 17.2 Å². The van der Waals surface area contributed by atoms with Gasteiger partial charge in [-0.3, -0.25) is 9.74 Å². The van der Waals surface area contributed by atoms with Gasteiger partial charge in [-0.05, 0) is 36.5 Å². The summed E-state index contributed by atoms with van der Waals surface area (Å²) in [6.07, 6.45) is 2.91. The monoisotopic (exact) mass is 273 g/mol. The number of amides is 1. The van der Waals surface area contributed by atoms with Gasteiger partial charge in [0.25, 0.3) is 0 Å². The maximum atomic E-state index is 12.2. The maximum Gasteiger partial charge on any atom is 0.367 e. The minimum atomic E-state index is -1.07. The Bertz CT molecular complexity index is 342. The van der Waals surface area contributed by atoms with Gasteiger partial charge in [-0.2, -0.15) is 0 Å². The van der Waals surface area contributed by atoms with Crippen LogP contribution in [0.2, 0.25) is 0 Å². The van der Waals surface area contributed by atoms with E-state index in [1.165, 1.54) is 0 Å². The summed E-state index contributed by atoms with van der Waals surface area (Å²) in [5.74, 6) is -0.619. The maximum absolute atomic E-state index is 12.2. The van der Waals surface area contributed by atoms with E-state index in [1.807, 2.05) is 0 Å². The summed E-state index contributed by atoms with van der Waals surface area (Å²) in [7, 11) is 0. The molecular formula is C14H24FNO3. The molecule has 0 spiro atoms. The smallest absolute Gasteiger partial charge is 0.345 e. The Kier molecular flexibility index (Phi) is 5.32. The third-order valence-electron chi connectivity index (χ3n) is 4.13. The van der Waals surface area contributed by atoms with E-state index in [0.29, 0.717) is 11.8 Å². The van der Waals surface area contributed by atoms with Gasteiger partial charge in [0, 0.05) is 10.4 Å². The van der Waals surface area contributed by atoms with Crippen molar-refractivity contribution in [3.8, 4) is 0 Å². The molecule has 2 atom stereocenters. The Morgan fingerprint density at radius 1 is 1.42 bits per heavy atom. The van der Waals surface area contributed by atoms with Crippen molar-refractivity contribution in [2.75, 3.05) is 6.54 Å². The molecule has 1 fully saturated rings. The summed E-state index contributed by atoms with van der Waals surface area (Å²) in [5, 5.41) is 2.47. The van der Waals surface area contributed by atoms with Crippen LogP contribution in [-0.2, 0) is 14.5 Å². The minimum Gasteiger partial charge on any atom is -0.345 e. The van der Waals surface area contributed by atoms with Crippen molar-refractivity contribution in [3.63, 3.8) is 0 Å². The summed E-state index contributed by atoms with van der Waals surface area (Å²) in [6.45, 7) is 8.12. The number of hydrogen-bond donors (Lipinski definition) is 1. The van der Waals surface area contributed by atoms with Crippen molar-refractivity contribution in [1.29, 1.82) is 0 Å². The van der Waals surface area contributed by atoms with Gasteiger partial charge in [0.2, 0.25) is 5.91 Å². The molecule has 19 heavy (non-hydrogen) atoms. The molecule has 1 aliphatic rings. The van der Waals surface area contributed by atoms with Crippen LogP contribution in [0, 0.1) is 23.2 Å². The van der Waals surface area contributed by atoms with Gasteiger partial charge in [0.05, 0.1) is 0 Å². The Balaban J connectivity index is 2.68. The van der Waals surface area contributed by atoms with Crippen LogP contribution in [0.1, 0.15) is 47.0 Å². The quantitative estimate of drug-likeness (QED) is 0.856. The van der Waals surface area contributed by atoms with Gasteiger partial charge in [0.1, 0.15) is 6.54 Å².